The number of rotatable bonds is 6. The highest BCUT2D eigenvalue weighted by atomic mass is 28.6. The third-order valence-electron chi connectivity index (χ3n) is 7.93. The molecule has 4 unspecified atom stereocenters. The van der Waals surface area contributed by atoms with Crippen LogP contribution < -0.4 is 10.4 Å². The molecule has 2 aromatic carbocycles. The van der Waals surface area contributed by atoms with Crippen molar-refractivity contribution in [2.24, 2.45) is 0 Å². The first-order valence-corrected chi connectivity index (χ1v) is 39.7. The molecule has 0 aliphatic carbocycles. The van der Waals surface area contributed by atoms with Crippen molar-refractivity contribution >= 4 is 109 Å². The molecule has 0 aromatic heterocycles. The molecule has 6 bridgehead atoms. The summed E-state index contributed by atoms with van der Waals surface area (Å²) in [5.74, 6) is 0. The normalized spacial score (nSPS) is 39.1. The first-order chi connectivity index (χ1) is 23.6. The van der Waals surface area contributed by atoms with Crippen molar-refractivity contribution in [2.75, 3.05) is 14.2 Å². The Morgan fingerprint density at radius 2 is 0.961 bits per heavy atom. The van der Waals surface area contributed by atoms with Crippen LogP contribution in [0.15, 0.2) is 72.9 Å². The van der Waals surface area contributed by atoms with Gasteiger partial charge in [0.25, 0.3) is 0 Å². The molecule has 4 aliphatic heterocycles. The van der Waals surface area contributed by atoms with E-state index in [1.54, 1.807) is 60.0 Å². The standard InChI is InChI=1S/C13H14OSi.C8H28O12Si9.C5H12OSi/c1-14-15(12-8-4-2-5-9-12)13-10-6-3-7-11-13;1-22-10-24(3)14-26(5)12-23(2,9-21)13-27(6)15-25(4,11-22)17-28(7,16-24)20-29(8,18-26)19-27;1-5-7(3,4)6-2/h2-11,15H,1H3;22H,1-8,21H3;5H,1H2,2-4H3. The summed E-state index contributed by atoms with van der Waals surface area (Å²) in [7, 11) is -24.7. The molecule has 0 saturated carbocycles. The highest BCUT2D eigenvalue weighted by Gasteiger charge is 2.73. The van der Waals surface area contributed by atoms with Gasteiger partial charge in [0.05, 0.1) is 0 Å². The van der Waals surface area contributed by atoms with E-state index >= 15 is 0 Å². The first kappa shape index (κ1) is 43.7. The van der Waals surface area contributed by atoms with Crippen LogP contribution in [0.2, 0.25) is 65.5 Å². The van der Waals surface area contributed by atoms with Gasteiger partial charge in [0.15, 0.2) is 0 Å². The Balaban J connectivity index is 0.000000220. The van der Waals surface area contributed by atoms with Gasteiger partial charge in [-0.3, -0.25) is 0 Å². The molecular weight excluding hydrogens is 845 g/mol. The molecule has 4 heterocycles. The van der Waals surface area contributed by atoms with Gasteiger partial charge in [-0.1, -0.05) is 66.4 Å². The Morgan fingerprint density at radius 1 is 0.627 bits per heavy atom. The van der Waals surface area contributed by atoms with Crippen LogP contribution in [-0.2, 0) is 58.2 Å². The second kappa shape index (κ2) is 16.6. The average molecular weight is 900 g/mol. The molecule has 6 rings (SSSR count). The van der Waals surface area contributed by atoms with Crippen LogP contribution >= 0.6 is 0 Å². The number of benzene rings is 2. The molecule has 4 atom stereocenters. The van der Waals surface area contributed by atoms with E-state index in [0.717, 1.165) is 0 Å². The molecule has 4 saturated heterocycles. The monoisotopic (exact) mass is 898 g/mol. The van der Waals surface area contributed by atoms with Gasteiger partial charge in [-0.25, -0.2) is 0 Å². The minimum atomic E-state index is -3.43. The molecule has 0 radical (unpaired) electrons. The molecule has 0 N–H and O–H groups in total. The van der Waals surface area contributed by atoms with Crippen molar-refractivity contribution in [1.29, 1.82) is 0 Å². The molecule has 0 spiro atoms. The van der Waals surface area contributed by atoms with Crippen molar-refractivity contribution in [2.45, 2.75) is 65.5 Å². The molecule has 286 valence electrons. The third kappa shape index (κ3) is 11.8. The van der Waals surface area contributed by atoms with Crippen LogP contribution in [0.5, 0.6) is 0 Å². The van der Waals surface area contributed by atoms with Gasteiger partial charge < -0.3 is 58.2 Å². The van der Waals surface area contributed by atoms with E-state index in [1.807, 2.05) is 24.4 Å². The molecule has 0 amide bonds. The highest BCUT2D eigenvalue weighted by molar-refractivity contribution is 6.99. The molecule has 4 fully saturated rings. The minimum Gasteiger partial charge on any atom is -0.425 e. The maximum atomic E-state index is 6.45. The molecular formula is C26H54O14Si11. The quantitative estimate of drug-likeness (QED) is 0.393. The predicted octanol–water partition coefficient (Wildman–Crippen LogP) is 2.09. The van der Waals surface area contributed by atoms with Crippen molar-refractivity contribution in [3.8, 4) is 0 Å². The maximum absolute atomic E-state index is 6.45. The van der Waals surface area contributed by atoms with Gasteiger partial charge in [0.2, 0.25) is 17.4 Å². The Labute approximate surface area is 318 Å². The average Bonchev–Trinajstić information content (AvgIpc) is 2.99. The Morgan fingerprint density at radius 3 is 1.24 bits per heavy atom. The maximum Gasteiger partial charge on any atom is 0.475 e. The zero-order chi connectivity index (χ0) is 38.0. The summed E-state index contributed by atoms with van der Waals surface area (Å²) in [4.78, 5) is 0. The van der Waals surface area contributed by atoms with Crippen LogP contribution in [-0.4, -0.2) is 113 Å². The van der Waals surface area contributed by atoms with E-state index in [-0.39, 0.29) is 0 Å². The molecule has 25 heteroatoms. The van der Waals surface area contributed by atoms with Crippen LogP contribution in [0.3, 0.4) is 0 Å². The van der Waals surface area contributed by atoms with E-state index in [9.17, 15) is 0 Å². The van der Waals surface area contributed by atoms with Gasteiger partial charge in [0, 0.05) is 60.0 Å². The summed E-state index contributed by atoms with van der Waals surface area (Å²) in [6.45, 7) is 22.1. The van der Waals surface area contributed by atoms with E-state index in [2.05, 4.69) is 68.2 Å². The lowest BCUT2D eigenvalue weighted by molar-refractivity contribution is 0.0154. The number of fused-ring (bicyclic) bond motifs is 4. The van der Waals surface area contributed by atoms with Crippen LogP contribution in [0.1, 0.15) is 0 Å². The Kier molecular flexibility index (Phi) is 14.3. The summed E-state index contributed by atoms with van der Waals surface area (Å²) in [6, 6.07) is 20.9. The summed E-state index contributed by atoms with van der Waals surface area (Å²) >= 11 is 0. The Bertz CT molecular complexity index is 1380. The molecule has 14 nitrogen and oxygen atoms in total. The van der Waals surface area contributed by atoms with Crippen molar-refractivity contribution in [1.82, 2.24) is 0 Å². The summed E-state index contributed by atoms with van der Waals surface area (Å²) in [6.07, 6.45) is 0. The largest absolute Gasteiger partial charge is 0.475 e. The van der Waals surface area contributed by atoms with Crippen molar-refractivity contribution in [3.63, 3.8) is 0 Å². The summed E-state index contributed by atoms with van der Waals surface area (Å²) in [5.41, 5.74) is 1.91. The summed E-state index contributed by atoms with van der Waals surface area (Å²) in [5, 5.41) is 2.65. The zero-order valence-corrected chi connectivity index (χ0v) is 44.2. The molecule has 2 aromatic rings. The highest BCUT2D eigenvalue weighted by Crippen LogP contribution is 2.43. The lowest BCUT2D eigenvalue weighted by Gasteiger charge is -2.56. The van der Waals surface area contributed by atoms with Gasteiger partial charge >= 0.3 is 70.9 Å². The van der Waals surface area contributed by atoms with Gasteiger partial charge in [0.1, 0.15) is 10.5 Å². The lowest BCUT2D eigenvalue weighted by Crippen LogP contribution is -2.81. The fraction of sp³-hybridized carbons (Fsp3) is 0.462. The van der Waals surface area contributed by atoms with Gasteiger partial charge in [-0.15, -0.1) is 6.58 Å². The van der Waals surface area contributed by atoms with Crippen LogP contribution in [0.25, 0.3) is 0 Å². The fourth-order valence-electron chi connectivity index (χ4n) is 5.95. The Hall–Kier alpha value is 0.00571. The van der Waals surface area contributed by atoms with E-state index in [0.29, 0.717) is 10.5 Å². The lowest BCUT2D eigenvalue weighted by atomic mass is 10.4. The minimum absolute atomic E-state index is 0.389. The van der Waals surface area contributed by atoms with Gasteiger partial charge in [-0.05, 0) is 30.0 Å². The predicted molar refractivity (Wildman–Crippen MR) is 218 cm³/mol. The number of hydrogen-bond donors (Lipinski definition) is 0. The third-order valence-corrected chi connectivity index (χ3v) is 48.2. The SMILES string of the molecule is C=C[Si](C)(C)OC.CO[SiH](c1ccccc1)c1ccccc1.C[SiH]1O[Si]2(C)O[Si]3(C)O[Si](C)(O[SiH3])O[Si]4(C)O[Si](C)(O1)O[Si](C)(O2)O[Si](C)(O3)O4. The second-order valence-electron chi connectivity index (χ2n) is 13.4. The van der Waals surface area contributed by atoms with E-state index in [4.69, 9.17) is 58.2 Å². The number of hydrogen-bond acceptors (Lipinski definition) is 14. The summed E-state index contributed by atoms with van der Waals surface area (Å²) < 4.78 is 87.0. The van der Waals surface area contributed by atoms with E-state index < -0.39 is 88.3 Å². The molecule has 4 aliphatic rings. The molecule has 51 heavy (non-hydrogen) atoms. The fourth-order valence-corrected chi connectivity index (χ4v) is 50.7. The smallest absolute Gasteiger partial charge is 0.425 e. The zero-order valence-electron chi connectivity index (χ0n) is 31.9. The topological polar surface area (TPSA) is 129 Å². The van der Waals surface area contributed by atoms with Crippen LogP contribution in [0.4, 0.5) is 0 Å². The van der Waals surface area contributed by atoms with Crippen molar-refractivity contribution in [3.05, 3.63) is 72.9 Å². The van der Waals surface area contributed by atoms with Crippen LogP contribution in [0, 0.1) is 0 Å². The van der Waals surface area contributed by atoms with Gasteiger partial charge in [-0.2, -0.15) is 0 Å². The van der Waals surface area contributed by atoms with Crippen molar-refractivity contribution < 1.29 is 58.2 Å². The van der Waals surface area contributed by atoms with E-state index in [1.165, 1.54) is 10.4 Å². The second-order valence-corrected chi connectivity index (χ2v) is 44.1. The first-order valence-electron chi connectivity index (χ1n) is 16.6.